The maximum atomic E-state index is 13.6. The average Bonchev–Trinajstić information content (AvgIpc) is 2.83. The summed E-state index contributed by atoms with van der Waals surface area (Å²) < 4.78 is 18.9. The highest BCUT2D eigenvalue weighted by atomic mass is 19.1. The fourth-order valence-electron chi connectivity index (χ4n) is 2.11. The van der Waals surface area contributed by atoms with Gasteiger partial charge >= 0.3 is 5.97 Å². The SMILES string of the molecule is Cc1ccc(C2=CC(=Cc3ccccc3F)C(=O)O2)cc1. The van der Waals surface area contributed by atoms with Crippen LogP contribution in [0.2, 0.25) is 0 Å². The molecule has 3 rings (SSSR count). The first kappa shape index (κ1) is 13.3. The highest BCUT2D eigenvalue weighted by Crippen LogP contribution is 2.27. The molecule has 0 atom stereocenters. The van der Waals surface area contributed by atoms with Crippen molar-refractivity contribution in [2.45, 2.75) is 6.92 Å². The Morgan fingerprint density at radius 3 is 2.48 bits per heavy atom. The third-order valence-corrected chi connectivity index (χ3v) is 3.28. The molecule has 0 radical (unpaired) electrons. The summed E-state index contributed by atoms with van der Waals surface area (Å²) in [6.45, 7) is 1.99. The molecular weight excluding hydrogens is 267 g/mol. The topological polar surface area (TPSA) is 26.3 Å². The Labute approximate surface area is 122 Å². The number of hydrogen-bond acceptors (Lipinski definition) is 2. The van der Waals surface area contributed by atoms with Crippen LogP contribution in [0.4, 0.5) is 4.39 Å². The number of cyclic esters (lactones) is 1. The first-order valence-electron chi connectivity index (χ1n) is 6.60. The zero-order valence-corrected chi connectivity index (χ0v) is 11.5. The first-order chi connectivity index (χ1) is 10.1. The summed E-state index contributed by atoms with van der Waals surface area (Å²) in [5.41, 5.74) is 2.67. The van der Waals surface area contributed by atoms with Crippen molar-refractivity contribution >= 4 is 17.8 Å². The normalized spacial score (nSPS) is 16.0. The predicted octanol–water partition coefficient (Wildman–Crippen LogP) is 4.12. The molecule has 0 fully saturated rings. The van der Waals surface area contributed by atoms with Crippen LogP contribution in [0.3, 0.4) is 0 Å². The van der Waals surface area contributed by atoms with Gasteiger partial charge in [0.25, 0.3) is 0 Å². The van der Waals surface area contributed by atoms with Gasteiger partial charge in [0.1, 0.15) is 11.6 Å². The molecule has 1 heterocycles. The van der Waals surface area contributed by atoms with Crippen molar-refractivity contribution < 1.29 is 13.9 Å². The van der Waals surface area contributed by atoms with E-state index in [-0.39, 0.29) is 5.82 Å². The number of aryl methyl sites for hydroxylation is 1. The van der Waals surface area contributed by atoms with Crippen LogP contribution in [0.25, 0.3) is 11.8 Å². The smallest absolute Gasteiger partial charge is 0.343 e. The van der Waals surface area contributed by atoms with Gasteiger partial charge in [-0.2, -0.15) is 0 Å². The number of benzene rings is 2. The summed E-state index contributed by atoms with van der Waals surface area (Å²) in [5, 5.41) is 0. The maximum Gasteiger partial charge on any atom is 0.343 e. The fraction of sp³-hybridized carbons (Fsp3) is 0.0556. The van der Waals surface area contributed by atoms with Crippen LogP contribution < -0.4 is 0 Å². The zero-order chi connectivity index (χ0) is 14.8. The van der Waals surface area contributed by atoms with E-state index in [1.54, 1.807) is 24.3 Å². The van der Waals surface area contributed by atoms with Crippen LogP contribution >= 0.6 is 0 Å². The zero-order valence-electron chi connectivity index (χ0n) is 11.5. The summed E-state index contributed by atoms with van der Waals surface area (Å²) in [6, 6.07) is 14.0. The van der Waals surface area contributed by atoms with Crippen molar-refractivity contribution in [1.82, 2.24) is 0 Å². The lowest BCUT2D eigenvalue weighted by Crippen LogP contribution is -1.97. The Kier molecular flexibility index (Phi) is 3.40. The molecule has 0 spiro atoms. The Bertz CT molecular complexity index is 755. The van der Waals surface area contributed by atoms with E-state index in [4.69, 9.17) is 4.74 Å². The highest BCUT2D eigenvalue weighted by Gasteiger charge is 2.22. The molecule has 0 amide bonds. The number of carbonyl (C=O) groups is 1. The third-order valence-electron chi connectivity index (χ3n) is 3.28. The lowest BCUT2D eigenvalue weighted by atomic mass is 10.1. The van der Waals surface area contributed by atoms with Crippen molar-refractivity contribution in [2.75, 3.05) is 0 Å². The van der Waals surface area contributed by atoms with Crippen molar-refractivity contribution in [1.29, 1.82) is 0 Å². The minimum absolute atomic E-state index is 0.343. The van der Waals surface area contributed by atoms with Gasteiger partial charge in [-0.1, -0.05) is 48.0 Å². The number of ether oxygens (including phenoxy) is 1. The second-order valence-corrected chi connectivity index (χ2v) is 4.89. The van der Waals surface area contributed by atoms with Crippen molar-refractivity contribution in [2.24, 2.45) is 0 Å². The largest absolute Gasteiger partial charge is 0.422 e. The van der Waals surface area contributed by atoms with Crippen molar-refractivity contribution in [3.63, 3.8) is 0 Å². The molecule has 0 unspecified atom stereocenters. The molecule has 0 saturated heterocycles. The lowest BCUT2D eigenvalue weighted by molar-refractivity contribution is -0.130. The fourth-order valence-corrected chi connectivity index (χ4v) is 2.11. The van der Waals surface area contributed by atoms with E-state index in [0.29, 0.717) is 16.9 Å². The van der Waals surface area contributed by atoms with Crippen LogP contribution in [0.15, 0.2) is 60.2 Å². The van der Waals surface area contributed by atoms with E-state index in [1.807, 2.05) is 31.2 Å². The van der Waals surface area contributed by atoms with E-state index in [1.165, 1.54) is 12.1 Å². The van der Waals surface area contributed by atoms with Gasteiger partial charge in [0.15, 0.2) is 0 Å². The van der Waals surface area contributed by atoms with Gasteiger partial charge in [-0.05, 0) is 25.1 Å². The Morgan fingerprint density at radius 1 is 1.05 bits per heavy atom. The minimum Gasteiger partial charge on any atom is -0.422 e. The quantitative estimate of drug-likeness (QED) is 0.611. The molecule has 2 aromatic rings. The second-order valence-electron chi connectivity index (χ2n) is 4.89. The Morgan fingerprint density at radius 2 is 1.76 bits per heavy atom. The molecule has 0 saturated carbocycles. The average molecular weight is 280 g/mol. The number of hydrogen-bond donors (Lipinski definition) is 0. The third kappa shape index (κ3) is 2.77. The number of esters is 1. The summed E-state index contributed by atoms with van der Waals surface area (Å²) in [5.74, 6) is -0.341. The van der Waals surface area contributed by atoms with Gasteiger partial charge in [-0.3, -0.25) is 0 Å². The standard InChI is InChI=1S/C18H13FO2/c1-12-6-8-13(9-7-12)17-11-15(18(20)21-17)10-14-4-2-3-5-16(14)19/h2-11H,1H3. The van der Waals surface area contributed by atoms with Crippen LogP contribution in [-0.2, 0) is 9.53 Å². The van der Waals surface area contributed by atoms with Crippen LogP contribution in [0.5, 0.6) is 0 Å². The van der Waals surface area contributed by atoms with Gasteiger partial charge in [0.2, 0.25) is 0 Å². The molecule has 2 aromatic carbocycles. The summed E-state index contributed by atoms with van der Waals surface area (Å²) in [4.78, 5) is 11.9. The molecule has 0 aromatic heterocycles. The summed E-state index contributed by atoms with van der Waals surface area (Å²) in [6.07, 6.45) is 3.14. The molecule has 3 heteroatoms. The molecule has 1 aliphatic heterocycles. The summed E-state index contributed by atoms with van der Waals surface area (Å²) in [7, 11) is 0. The van der Waals surface area contributed by atoms with E-state index in [9.17, 15) is 9.18 Å². The maximum absolute atomic E-state index is 13.6. The van der Waals surface area contributed by atoms with Crippen LogP contribution in [0.1, 0.15) is 16.7 Å². The number of halogens is 1. The van der Waals surface area contributed by atoms with Gasteiger partial charge in [0.05, 0.1) is 5.57 Å². The Balaban J connectivity index is 1.96. The van der Waals surface area contributed by atoms with Crippen molar-refractivity contribution in [3.8, 4) is 0 Å². The molecule has 2 nitrogen and oxygen atoms in total. The lowest BCUT2D eigenvalue weighted by Gasteiger charge is -2.01. The summed E-state index contributed by atoms with van der Waals surface area (Å²) >= 11 is 0. The van der Waals surface area contributed by atoms with Gasteiger partial charge in [0, 0.05) is 11.1 Å². The molecule has 0 bridgehead atoms. The van der Waals surface area contributed by atoms with Gasteiger partial charge in [-0.15, -0.1) is 0 Å². The minimum atomic E-state index is -0.464. The number of rotatable bonds is 2. The van der Waals surface area contributed by atoms with E-state index in [0.717, 1.165) is 11.1 Å². The molecule has 1 aliphatic rings. The molecule has 0 N–H and O–H groups in total. The first-order valence-corrected chi connectivity index (χ1v) is 6.60. The van der Waals surface area contributed by atoms with Crippen molar-refractivity contribution in [3.05, 3.63) is 82.7 Å². The molecule has 104 valence electrons. The van der Waals surface area contributed by atoms with E-state index in [2.05, 4.69) is 0 Å². The van der Waals surface area contributed by atoms with Crippen LogP contribution in [-0.4, -0.2) is 5.97 Å². The predicted molar refractivity (Wildman–Crippen MR) is 79.6 cm³/mol. The Hall–Kier alpha value is -2.68. The molecular formula is C18H13FO2. The van der Waals surface area contributed by atoms with Gasteiger partial charge in [-0.25, -0.2) is 9.18 Å². The highest BCUT2D eigenvalue weighted by molar-refractivity contribution is 6.05. The molecule has 21 heavy (non-hydrogen) atoms. The number of carbonyl (C=O) groups excluding carboxylic acids is 1. The van der Waals surface area contributed by atoms with Gasteiger partial charge < -0.3 is 4.74 Å². The monoisotopic (exact) mass is 280 g/mol. The molecule has 0 aliphatic carbocycles. The second kappa shape index (κ2) is 5.37. The van der Waals surface area contributed by atoms with E-state index < -0.39 is 5.97 Å². The van der Waals surface area contributed by atoms with E-state index >= 15 is 0 Å². The van der Waals surface area contributed by atoms with Crippen LogP contribution in [0, 0.1) is 12.7 Å².